The fourth-order valence-corrected chi connectivity index (χ4v) is 4.87. The Morgan fingerprint density at radius 1 is 1.26 bits per heavy atom. The summed E-state index contributed by atoms with van der Waals surface area (Å²) in [5.41, 5.74) is 3.86. The maximum absolute atomic E-state index is 14.7. The summed E-state index contributed by atoms with van der Waals surface area (Å²) in [6.45, 7) is 4.10. The molecule has 162 valence electrons. The number of sulfone groups is 1. The van der Waals surface area contributed by atoms with Gasteiger partial charge in [-0.15, -0.1) is 0 Å². The van der Waals surface area contributed by atoms with E-state index in [0.717, 1.165) is 18.2 Å². The first-order chi connectivity index (χ1) is 14.3. The van der Waals surface area contributed by atoms with Crippen LogP contribution >= 0.6 is 0 Å². The molecule has 1 aromatic carbocycles. The van der Waals surface area contributed by atoms with E-state index in [1.807, 2.05) is 6.07 Å². The van der Waals surface area contributed by atoms with Gasteiger partial charge >= 0.3 is 0 Å². The molecule has 3 rings (SSSR count). The minimum Gasteiger partial charge on any atom is -0.386 e. The van der Waals surface area contributed by atoms with Gasteiger partial charge in [0.15, 0.2) is 21.5 Å². The van der Waals surface area contributed by atoms with E-state index in [1.54, 1.807) is 0 Å². The Morgan fingerprint density at radius 2 is 1.94 bits per heavy atom. The quantitative estimate of drug-likeness (QED) is 0.773. The molecule has 0 bridgehead atoms. The van der Waals surface area contributed by atoms with E-state index in [-0.39, 0.29) is 28.2 Å². The van der Waals surface area contributed by atoms with Gasteiger partial charge in [-0.05, 0) is 56.7 Å². The molecule has 0 amide bonds. The Labute approximate surface area is 177 Å². The van der Waals surface area contributed by atoms with E-state index < -0.39 is 43.3 Å². The second-order valence-corrected chi connectivity index (χ2v) is 10.5. The summed E-state index contributed by atoms with van der Waals surface area (Å²) >= 11 is 0. The van der Waals surface area contributed by atoms with Gasteiger partial charge in [0.05, 0.1) is 17.0 Å². The second kappa shape index (κ2) is 7.50. The molecule has 1 atom stereocenters. The average Bonchev–Trinajstić information content (AvgIpc) is 2.68. The minimum atomic E-state index is -3.85. The molecule has 1 aliphatic heterocycles. The van der Waals surface area contributed by atoms with Gasteiger partial charge in [0.1, 0.15) is 28.0 Å². The number of halogens is 3. The lowest BCUT2D eigenvalue weighted by Crippen LogP contribution is -2.55. The van der Waals surface area contributed by atoms with Gasteiger partial charge in [-0.25, -0.2) is 21.6 Å². The molecule has 2 aromatic rings. The number of amidine groups is 1. The van der Waals surface area contributed by atoms with Crippen LogP contribution in [-0.4, -0.2) is 29.7 Å². The highest BCUT2D eigenvalue weighted by Gasteiger charge is 2.49. The molecule has 0 unspecified atom stereocenters. The Morgan fingerprint density at radius 3 is 2.48 bits per heavy atom. The molecule has 0 fully saturated rings. The van der Waals surface area contributed by atoms with Crippen LogP contribution in [0, 0.1) is 23.0 Å². The van der Waals surface area contributed by atoms with Crippen LogP contribution < -0.4 is 5.73 Å². The molecule has 0 saturated carbocycles. The van der Waals surface area contributed by atoms with Crippen molar-refractivity contribution in [2.45, 2.75) is 31.1 Å². The molecule has 1 aliphatic rings. The molecule has 0 saturated heterocycles. The van der Waals surface area contributed by atoms with E-state index in [0.29, 0.717) is 0 Å². The van der Waals surface area contributed by atoms with Crippen LogP contribution in [0.25, 0.3) is 11.9 Å². The molecule has 2 heterocycles. The average molecular weight is 448 g/mol. The van der Waals surface area contributed by atoms with Crippen molar-refractivity contribution < 1.29 is 21.6 Å². The van der Waals surface area contributed by atoms with Gasteiger partial charge in [-0.2, -0.15) is 5.26 Å². The highest BCUT2D eigenvalue weighted by molar-refractivity contribution is 7.93. The Hall–Kier alpha value is -3.19. The summed E-state index contributed by atoms with van der Waals surface area (Å²) in [5, 5.41) is 8.79. The lowest BCUT2D eigenvalue weighted by Gasteiger charge is -2.38. The number of benzene rings is 1. The van der Waals surface area contributed by atoms with Crippen LogP contribution in [0.15, 0.2) is 35.5 Å². The summed E-state index contributed by atoms with van der Waals surface area (Å²) in [4.78, 5) is 7.99. The number of aliphatic imine (C=N–C) groups is 1. The lowest BCUT2D eigenvalue weighted by atomic mass is 9.91. The van der Waals surface area contributed by atoms with Crippen molar-refractivity contribution in [3.8, 4) is 6.07 Å². The predicted molar refractivity (Wildman–Crippen MR) is 111 cm³/mol. The van der Waals surface area contributed by atoms with Crippen molar-refractivity contribution >= 4 is 27.6 Å². The molecule has 2 N–H and O–H groups in total. The van der Waals surface area contributed by atoms with Crippen molar-refractivity contribution in [3.63, 3.8) is 0 Å². The smallest absolute Gasteiger partial charge is 0.165 e. The second-order valence-electron chi connectivity index (χ2n) is 7.94. The normalized spacial score (nSPS) is 22.5. The molecule has 0 aliphatic carbocycles. The number of hydrogen-bond acceptors (Lipinski definition) is 6. The van der Waals surface area contributed by atoms with Gasteiger partial charge in [0.25, 0.3) is 0 Å². The van der Waals surface area contributed by atoms with Crippen LogP contribution in [0.4, 0.5) is 13.2 Å². The van der Waals surface area contributed by atoms with Gasteiger partial charge in [0.2, 0.25) is 0 Å². The number of nitriles is 1. The van der Waals surface area contributed by atoms with Crippen LogP contribution in [0.2, 0.25) is 0 Å². The van der Waals surface area contributed by atoms with E-state index >= 15 is 0 Å². The van der Waals surface area contributed by atoms with Crippen LogP contribution in [0.3, 0.4) is 0 Å². The maximum atomic E-state index is 14.7. The Balaban J connectivity index is 2.12. The largest absolute Gasteiger partial charge is 0.386 e. The monoisotopic (exact) mass is 448 g/mol. The molecule has 0 spiro atoms. The van der Waals surface area contributed by atoms with Gasteiger partial charge < -0.3 is 5.73 Å². The number of nitrogens with two attached hydrogens (primary N) is 1. The Kier molecular flexibility index (Phi) is 5.44. The fraction of sp³-hybridized carbons (Fsp3) is 0.286. The SMILES string of the molecule is CC1(C)C(N)=N[C@](C)(c2cc(/C=C(\F)c3ccc(C#N)cn3)cc(F)c2F)CS1(=O)=O. The predicted octanol–water partition coefficient (Wildman–Crippen LogP) is 3.48. The third kappa shape index (κ3) is 3.93. The molecule has 1 aromatic heterocycles. The number of aromatic nitrogens is 1. The lowest BCUT2D eigenvalue weighted by molar-refractivity contribution is 0.445. The van der Waals surface area contributed by atoms with Crippen molar-refractivity contribution in [1.82, 2.24) is 4.98 Å². The zero-order chi connectivity index (χ0) is 23.2. The Bertz CT molecular complexity index is 1260. The highest BCUT2D eigenvalue weighted by Crippen LogP contribution is 2.39. The van der Waals surface area contributed by atoms with Crippen LogP contribution in [-0.2, 0) is 15.4 Å². The number of pyridine rings is 1. The topological polar surface area (TPSA) is 109 Å². The number of nitrogens with zero attached hydrogens (tertiary/aromatic N) is 3. The van der Waals surface area contributed by atoms with Crippen molar-refractivity contribution in [2.24, 2.45) is 10.7 Å². The van der Waals surface area contributed by atoms with E-state index in [4.69, 9.17) is 11.0 Å². The zero-order valence-electron chi connectivity index (χ0n) is 16.9. The third-order valence-corrected chi connectivity index (χ3v) is 8.00. The zero-order valence-corrected chi connectivity index (χ0v) is 17.8. The summed E-state index contributed by atoms with van der Waals surface area (Å²) in [7, 11) is -3.85. The molecule has 0 radical (unpaired) electrons. The highest BCUT2D eigenvalue weighted by atomic mass is 32.2. The molecule has 6 nitrogen and oxygen atoms in total. The first-order valence-corrected chi connectivity index (χ1v) is 10.8. The van der Waals surface area contributed by atoms with Crippen molar-refractivity contribution in [2.75, 3.05) is 5.75 Å². The van der Waals surface area contributed by atoms with E-state index in [9.17, 15) is 21.6 Å². The maximum Gasteiger partial charge on any atom is 0.165 e. The van der Waals surface area contributed by atoms with Crippen LogP contribution in [0.1, 0.15) is 43.2 Å². The summed E-state index contributed by atoms with van der Waals surface area (Å²) in [6.07, 6.45) is 2.10. The summed E-state index contributed by atoms with van der Waals surface area (Å²) in [6, 6.07) is 6.39. The van der Waals surface area contributed by atoms with Gasteiger partial charge in [0, 0.05) is 11.8 Å². The number of rotatable bonds is 3. The van der Waals surface area contributed by atoms with Crippen molar-refractivity contribution in [3.05, 3.63) is 64.5 Å². The molecule has 10 heteroatoms. The molecule has 31 heavy (non-hydrogen) atoms. The van der Waals surface area contributed by atoms with Crippen LogP contribution in [0.5, 0.6) is 0 Å². The van der Waals surface area contributed by atoms with Crippen molar-refractivity contribution in [1.29, 1.82) is 5.26 Å². The summed E-state index contributed by atoms with van der Waals surface area (Å²) in [5.74, 6) is -4.26. The minimum absolute atomic E-state index is 0.0604. The first kappa shape index (κ1) is 22.5. The third-order valence-electron chi connectivity index (χ3n) is 5.29. The molecular weight excluding hydrogens is 429 g/mol. The van der Waals surface area contributed by atoms with E-state index in [2.05, 4.69) is 9.98 Å². The first-order valence-electron chi connectivity index (χ1n) is 9.12. The number of hydrogen-bond donors (Lipinski definition) is 1. The standard InChI is InChI=1S/C21H19F3N4O2S/c1-20(2)19(26)28-21(3,11-31(20,29)30)14-6-13(8-16(23)18(14)24)7-15(22)17-5-4-12(9-25)10-27-17/h4-8,10H,11H2,1-3H3,(H2,26,28)/b15-7-/t21-/m0/s1. The fourth-order valence-electron chi connectivity index (χ4n) is 3.19. The van der Waals surface area contributed by atoms with Gasteiger partial charge in [-0.1, -0.05) is 0 Å². The summed E-state index contributed by atoms with van der Waals surface area (Å²) < 4.78 is 67.6. The molecular formula is C21H19F3N4O2S. The van der Waals surface area contributed by atoms with E-state index in [1.165, 1.54) is 39.1 Å². The van der Waals surface area contributed by atoms with Gasteiger partial charge in [-0.3, -0.25) is 9.98 Å².